The van der Waals surface area contributed by atoms with Crippen molar-refractivity contribution in [3.8, 4) is 0 Å². The average Bonchev–Trinajstić information content (AvgIpc) is 1.72. The summed E-state index contributed by atoms with van der Waals surface area (Å²) in [7, 11) is 0. The van der Waals surface area contributed by atoms with Crippen molar-refractivity contribution in [2.45, 2.75) is 0 Å². The van der Waals surface area contributed by atoms with E-state index in [-0.39, 0.29) is 0 Å². The van der Waals surface area contributed by atoms with Crippen molar-refractivity contribution in [3.05, 3.63) is 0 Å². The lowest BCUT2D eigenvalue weighted by Crippen LogP contribution is -2.39. The Labute approximate surface area is 37.9 Å². The standard InChI is InChI=1S/C4H10N2/c1-2-6-4-3-5-1/h5-6H,1-4H2/i1+2. The van der Waals surface area contributed by atoms with Gasteiger partial charge in [-0.25, -0.2) is 0 Å². The Kier molecular flexibility index (Phi) is 1.47. The normalized spacial score (nSPS) is 24.0. The van der Waals surface area contributed by atoms with E-state index in [0.717, 1.165) is 26.2 Å². The number of piperazine rings is 1. The molecular formula is C4H10N2. The molecule has 0 unspecified atom stereocenters. The number of hydrogen-bond donors (Lipinski definition) is 2. The molecule has 2 nitrogen and oxygen atoms in total. The zero-order chi connectivity index (χ0) is 4.24. The molecule has 0 spiro atoms. The van der Waals surface area contributed by atoms with Crippen LogP contribution in [-0.2, 0) is 0 Å². The summed E-state index contributed by atoms with van der Waals surface area (Å²) < 4.78 is 0. The Hall–Kier alpha value is -0.0800. The second-order valence-electron chi connectivity index (χ2n) is 1.50. The van der Waals surface area contributed by atoms with E-state index in [2.05, 4.69) is 10.6 Å². The molecule has 0 aromatic rings. The lowest BCUT2D eigenvalue weighted by atomic mass is 10.6. The molecule has 2 N–H and O–H groups in total. The van der Waals surface area contributed by atoms with Gasteiger partial charge in [-0.3, -0.25) is 0 Å². The summed E-state index contributed by atoms with van der Waals surface area (Å²) in [4.78, 5) is 0. The Bertz CT molecular complexity index is 21.0. The van der Waals surface area contributed by atoms with E-state index in [1.54, 1.807) is 0 Å². The highest BCUT2D eigenvalue weighted by Gasteiger charge is 1.91. The van der Waals surface area contributed by atoms with Crippen LogP contribution in [0, 0.1) is 0 Å². The van der Waals surface area contributed by atoms with Crippen LogP contribution >= 0.6 is 0 Å². The second kappa shape index (κ2) is 2.16. The first-order valence-electron chi connectivity index (χ1n) is 2.41. The molecule has 0 radical (unpaired) electrons. The number of hydrogen-bond acceptors (Lipinski definition) is 2. The quantitative estimate of drug-likeness (QED) is 0.404. The summed E-state index contributed by atoms with van der Waals surface area (Å²) in [5, 5.41) is 6.44. The maximum absolute atomic E-state index is 3.22. The van der Waals surface area contributed by atoms with E-state index < -0.39 is 0 Å². The smallest absolute Gasteiger partial charge is 0.00772 e. The molecular weight excluding hydrogens is 78.1 g/mol. The van der Waals surface area contributed by atoms with Crippen molar-refractivity contribution in [3.63, 3.8) is 0 Å². The van der Waals surface area contributed by atoms with E-state index in [9.17, 15) is 0 Å². The zero-order valence-corrected chi connectivity index (χ0v) is 3.83. The highest BCUT2D eigenvalue weighted by atomic mass is 15.4. The molecule has 6 heavy (non-hydrogen) atoms. The first-order chi connectivity index (χ1) is 3.00. The van der Waals surface area contributed by atoms with Gasteiger partial charge in [0.1, 0.15) is 0 Å². The van der Waals surface area contributed by atoms with Gasteiger partial charge in [-0.05, 0) is 0 Å². The van der Waals surface area contributed by atoms with Gasteiger partial charge in [0.15, 0.2) is 0 Å². The van der Waals surface area contributed by atoms with Gasteiger partial charge in [0.05, 0.1) is 0 Å². The number of rotatable bonds is 0. The maximum atomic E-state index is 3.22. The summed E-state index contributed by atoms with van der Waals surface area (Å²) in [6.45, 7) is 4.56. The fourth-order valence-corrected chi connectivity index (χ4v) is 0.604. The highest BCUT2D eigenvalue weighted by molar-refractivity contribution is 4.59. The van der Waals surface area contributed by atoms with E-state index in [1.807, 2.05) is 0 Å². The summed E-state index contributed by atoms with van der Waals surface area (Å²) in [6.07, 6.45) is 0. The van der Waals surface area contributed by atoms with Gasteiger partial charge in [-0.15, -0.1) is 0 Å². The molecule has 1 aliphatic heterocycles. The maximum Gasteiger partial charge on any atom is 0.00772 e. The summed E-state index contributed by atoms with van der Waals surface area (Å²) in [6, 6.07) is 0. The van der Waals surface area contributed by atoms with Crippen LogP contribution < -0.4 is 10.6 Å². The van der Waals surface area contributed by atoms with E-state index >= 15 is 0 Å². The van der Waals surface area contributed by atoms with E-state index in [1.165, 1.54) is 0 Å². The van der Waals surface area contributed by atoms with Gasteiger partial charge >= 0.3 is 0 Å². The van der Waals surface area contributed by atoms with Crippen LogP contribution in [-0.4, -0.2) is 26.2 Å². The molecule has 1 saturated heterocycles. The predicted molar refractivity (Wildman–Crippen MR) is 25.7 cm³/mol. The summed E-state index contributed by atoms with van der Waals surface area (Å²) >= 11 is 0. The molecule has 1 heterocycles. The zero-order valence-electron chi connectivity index (χ0n) is 3.83. The molecule has 0 saturated carbocycles. The van der Waals surface area contributed by atoms with Crippen LogP contribution in [0.15, 0.2) is 0 Å². The molecule has 1 fully saturated rings. The van der Waals surface area contributed by atoms with Gasteiger partial charge in [0.2, 0.25) is 0 Å². The minimum atomic E-state index is 1.14. The number of nitrogens with one attached hydrogen (secondary N) is 2. The molecule has 0 aromatic carbocycles. The molecule has 0 aromatic heterocycles. The molecule has 0 aliphatic carbocycles. The molecule has 0 atom stereocenters. The monoisotopic (exact) mass is 88.1 g/mol. The van der Waals surface area contributed by atoms with Crippen LogP contribution in [0.5, 0.6) is 0 Å². The first kappa shape index (κ1) is 4.09. The SMILES string of the molecule is C1CN[14CH2]CN1. The van der Waals surface area contributed by atoms with Gasteiger partial charge in [0, 0.05) is 26.2 Å². The van der Waals surface area contributed by atoms with Gasteiger partial charge < -0.3 is 10.6 Å². The van der Waals surface area contributed by atoms with Gasteiger partial charge in [-0.2, -0.15) is 0 Å². The van der Waals surface area contributed by atoms with Crippen molar-refractivity contribution in [2.75, 3.05) is 26.2 Å². The Balaban J connectivity index is 2.00. The topological polar surface area (TPSA) is 24.1 Å². The lowest BCUT2D eigenvalue weighted by molar-refractivity contribution is 0.534. The fraction of sp³-hybridized carbons (Fsp3) is 1.00. The lowest BCUT2D eigenvalue weighted by Gasteiger charge is -2.11. The third-order valence-corrected chi connectivity index (χ3v) is 0.957. The minimum absolute atomic E-state index is 1.14. The molecule has 1 aliphatic rings. The minimum Gasteiger partial charge on any atom is -0.314 e. The van der Waals surface area contributed by atoms with E-state index in [4.69, 9.17) is 0 Å². The van der Waals surface area contributed by atoms with Crippen LogP contribution in [0.3, 0.4) is 0 Å². The van der Waals surface area contributed by atoms with Crippen molar-refractivity contribution >= 4 is 0 Å². The Morgan fingerprint density at radius 1 is 1.33 bits per heavy atom. The highest BCUT2D eigenvalue weighted by Crippen LogP contribution is 1.65. The van der Waals surface area contributed by atoms with Crippen molar-refractivity contribution in [1.29, 1.82) is 0 Å². The largest absolute Gasteiger partial charge is 0.314 e. The predicted octanol–water partition coefficient (Wildman–Crippen LogP) is -0.821. The van der Waals surface area contributed by atoms with Crippen LogP contribution in [0.4, 0.5) is 0 Å². The first-order valence-corrected chi connectivity index (χ1v) is 2.41. The Morgan fingerprint density at radius 2 is 2.33 bits per heavy atom. The third kappa shape index (κ3) is 0.954. The summed E-state index contributed by atoms with van der Waals surface area (Å²) in [5.41, 5.74) is 0. The second-order valence-corrected chi connectivity index (χ2v) is 1.50. The van der Waals surface area contributed by atoms with Crippen LogP contribution in [0.2, 0.25) is 0 Å². The average molecular weight is 88.1 g/mol. The van der Waals surface area contributed by atoms with Gasteiger partial charge in [-0.1, -0.05) is 0 Å². The van der Waals surface area contributed by atoms with Crippen LogP contribution in [0.25, 0.3) is 0 Å². The van der Waals surface area contributed by atoms with Gasteiger partial charge in [0.25, 0.3) is 0 Å². The summed E-state index contributed by atoms with van der Waals surface area (Å²) in [5.74, 6) is 0. The molecule has 0 amide bonds. The molecule has 36 valence electrons. The molecule has 0 bridgehead atoms. The third-order valence-electron chi connectivity index (χ3n) is 0.957. The molecule has 2 heteroatoms. The molecule has 1 rings (SSSR count). The van der Waals surface area contributed by atoms with Crippen molar-refractivity contribution in [2.24, 2.45) is 0 Å². The van der Waals surface area contributed by atoms with Crippen molar-refractivity contribution < 1.29 is 0 Å². The van der Waals surface area contributed by atoms with Crippen molar-refractivity contribution in [1.82, 2.24) is 10.6 Å². The van der Waals surface area contributed by atoms with Crippen LogP contribution in [0.1, 0.15) is 0 Å². The fourth-order valence-electron chi connectivity index (χ4n) is 0.604. The Morgan fingerprint density at radius 3 is 2.50 bits per heavy atom. The van der Waals surface area contributed by atoms with E-state index in [0.29, 0.717) is 0 Å².